The number of aromatic amines is 1. The first kappa shape index (κ1) is 10.7. The highest BCUT2D eigenvalue weighted by atomic mass is 16.4. The summed E-state index contributed by atoms with van der Waals surface area (Å²) in [5.74, 6) is -1.07. The molecule has 0 bridgehead atoms. The highest BCUT2D eigenvalue weighted by Crippen LogP contribution is 2.33. The van der Waals surface area contributed by atoms with Gasteiger partial charge in [0.05, 0.1) is 6.33 Å². The number of carboxylic acids is 1. The van der Waals surface area contributed by atoms with Crippen LogP contribution in [-0.2, 0) is 0 Å². The van der Waals surface area contributed by atoms with Crippen LogP contribution in [-0.4, -0.2) is 33.0 Å². The maximum atomic E-state index is 11.7. The van der Waals surface area contributed by atoms with Crippen molar-refractivity contribution < 1.29 is 14.7 Å². The zero-order valence-electron chi connectivity index (χ0n) is 8.86. The number of hydrogen-bond donors (Lipinski definition) is 3. The van der Waals surface area contributed by atoms with E-state index in [0.717, 1.165) is 12.8 Å². The highest BCUT2D eigenvalue weighted by Gasteiger charge is 2.37. The van der Waals surface area contributed by atoms with E-state index in [1.165, 1.54) is 6.33 Å². The van der Waals surface area contributed by atoms with Crippen molar-refractivity contribution in [1.29, 1.82) is 0 Å². The van der Waals surface area contributed by atoms with Crippen LogP contribution in [0.4, 0.5) is 0 Å². The molecule has 0 radical (unpaired) electrons. The number of H-pyrrole nitrogens is 1. The van der Waals surface area contributed by atoms with E-state index in [2.05, 4.69) is 22.2 Å². The third kappa shape index (κ3) is 1.91. The van der Waals surface area contributed by atoms with E-state index in [9.17, 15) is 9.59 Å². The minimum atomic E-state index is -1.18. The first-order valence-electron chi connectivity index (χ1n) is 5.21. The van der Waals surface area contributed by atoms with Crippen LogP contribution >= 0.6 is 0 Å². The number of hydrogen-bond acceptors (Lipinski definition) is 3. The van der Waals surface area contributed by atoms with Gasteiger partial charge in [0.2, 0.25) is 0 Å². The predicted molar refractivity (Wildman–Crippen MR) is 55.2 cm³/mol. The van der Waals surface area contributed by atoms with Crippen LogP contribution in [0, 0.1) is 5.92 Å². The SMILES string of the molecule is CCC1CC1NC(=O)c1nc[nH]c1C(=O)O. The lowest BCUT2D eigenvalue weighted by molar-refractivity contribution is 0.0685. The van der Waals surface area contributed by atoms with Gasteiger partial charge in [-0.25, -0.2) is 9.78 Å². The van der Waals surface area contributed by atoms with Crippen molar-refractivity contribution >= 4 is 11.9 Å². The molecule has 0 saturated heterocycles. The summed E-state index contributed by atoms with van der Waals surface area (Å²) in [7, 11) is 0. The Morgan fingerprint density at radius 1 is 1.69 bits per heavy atom. The number of nitrogens with one attached hydrogen (secondary N) is 2. The highest BCUT2D eigenvalue weighted by molar-refractivity contribution is 6.02. The number of carboxylic acid groups (broad SMARTS) is 1. The molecule has 16 heavy (non-hydrogen) atoms. The smallest absolute Gasteiger partial charge is 0.354 e. The summed E-state index contributed by atoms with van der Waals surface area (Å²) in [5, 5.41) is 11.6. The molecule has 6 heteroatoms. The summed E-state index contributed by atoms with van der Waals surface area (Å²) in [6.45, 7) is 2.06. The predicted octanol–water partition coefficient (Wildman–Crippen LogP) is 0.636. The van der Waals surface area contributed by atoms with Gasteiger partial charge in [-0.2, -0.15) is 0 Å². The molecule has 1 aromatic rings. The monoisotopic (exact) mass is 223 g/mol. The van der Waals surface area contributed by atoms with Crippen LogP contribution in [0.5, 0.6) is 0 Å². The molecule has 1 aromatic heterocycles. The molecule has 1 amide bonds. The molecule has 2 rings (SSSR count). The van der Waals surface area contributed by atoms with E-state index in [0.29, 0.717) is 5.92 Å². The number of carbonyl (C=O) groups excluding carboxylic acids is 1. The van der Waals surface area contributed by atoms with Crippen molar-refractivity contribution in [2.45, 2.75) is 25.8 Å². The lowest BCUT2D eigenvalue weighted by atomic mass is 10.3. The Bertz CT molecular complexity index is 427. The number of aromatic nitrogens is 2. The Morgan fingerprint density at radius 2 is 2.44 bits per heavy atom. The summed E-state index contributed by atoms with van der Waals surface area (Å²) < 4.78 is 0. The van der Waals surface area contributed by atoms with Gasteiger partial charge in [-0.1, -0.05) is 13.3 Å². The fraction of sp³-hybridized carbons (Fsp3) is 0.500. The summed E-state index contributed by atoms with van der Waals surface area (Å²) in [6, 6.07) is 0.177. The van der Waals surface area contributed by atoms with Gasteiger partial charge in [0.15, 0.2) is 11.4 Å². The Labute approximate surface area is 92.1 Å². The van der Waals surface area contributed by atoms with E-state index >= 15 is 0 Å². The molecule has 2 atom stereocenters. The normalized spacial score (nSPS) is 22.8. The summed E-state index contributed by atoms with van der Waals surface area (Å²) in [4.78, 5) is 28.6. The Hall–Kier alpha value is -1.85. The fourth-order valence-corrected chi connectivity index (χ4v) is 1.74. The van der Waals surface area contributed by atoms with E-state index < -0.39 is 11.9 Å². The van der Waals surface area contributed by atoms with Gasteiger partial charge in [0, 0.05) is 6.04 Å². The summed E-state index contributed by atoms with van der Waals surface area (Å²) in [6.07, 6.45) is 3.20. The second kappa shape index (κ2) is 3.96. The molecule has 0 spiro atoms. The van der Waals surface area contributed by atoms with Crippen molar-refractivity contribution in [2.75, 3.05) is 0 Å². The second-order valence-electron chi connectivity index (χ2n) is 3.92. The number of aromatic carboxylic acids is 1. The van der Waals surface area contributed by atoms with Gasteiger partial charge in [0.25, 0.3) is 5.91 Å². The van der Waals surface area contributed by atoms with Crippen molar-refractivity contribution in [2.24, 2.45) is 5.92 Å². The minimum absolute atomic E-state index is 0.0470. The zero-order valence-corrected chi connectivity index (χ0v) is 8.86. The maximum absolute atomic E-state index is 11.7. The molecule has 1 fully saturated rings. The van der Waals surface area contributed by atoms with E-state index in [1.54, 1.807) is 0 Å². The Morgan fingerprint density at radius 3 is 3.00 bits per heavy atom. The molecule has 3 N–H and O–H groups in total. The van der Waals surface area contributed by atoms with Crippen LogP contribution in [0.3, 0.4) is 0 Å². The van der Waals surface area contributed by atoms with Gasteiger partial charge in [-0.05, 0) is 12.3 Å². The zero-order chi connectivity index (χ0) is 11.7. The molecule has 86 valence electrons. The number of imidazole rings is 1. The average Bonchev–Trinajstić information content (AvgIpc) is 2.80. The van der Waals surface area contributed by atoms with E-state index in [4.69, 9.17) is 5.11 Å². The van der Waals surface area contributed by atoms with Crippen LogP contribution in [0.1, 0.15) is 40.7 Å². The van der Waals surface area contributed by atoms with Gasteiger partial charge in [-0.3, -0.25) is 4.79 Å². The number of carbonyl (C=O) groups is 2. The largest absolute Gasteiger partial charge is 0.477 e. The first-order valence-corrected chi connectivity index (χ1v) is 5.21. The third-order valence-corrected chi connectivity index (χ3v) is 2.83. The molecule has 1 aliphatic rings. The lowest BCUT2D eigenvalue weighted by Crippen LogP contribution is -2.28. The van der Waals surface area contributed by atoms with Crippen molar-refractivity contribution in [3.63, 3.8) is 0 Å². The third-order valence-electron chi connectivity index (χ3n) is 2.83. The van der Waals surface area contributed by atoms with Gasteiger partial charge in [-0.15, -0.1) is 0 Å². The Kier molecular flexibility index (Phi) is 2.64. The minimum Gasteiger partial charge on any atom is -0.477 e. The van der Waals surface area contributed by atoms with Crippen molar-refractivity contribution in [1.82, 2.24) is 15.3 Å². The van der Waals surface area contributed by atoms with Gasteiger partial charge < -0.3 is 15.4 Å². The maximum Gasteiger partial charge on any atom is 0.354 e. The van der Waals surface area contributed by atoms with Crippen LogP contribution in [0.2, 0.25) is 0 Å². The quantitative estimate of drug-likeness (QED) is 0.697. The lowest BCUT2D eigenvalue weighted by Gasteiger charge is -2.02. The van der Waals surface area contributed by atoms with Gasteiger partial charge >= 0.3 is 5.97 Å². The number of rotatable bonds is 4. The standard InChI is InChI=1S/C10H13N3O3/c1-2-5-3-6(5)13-9(14)7-8(10(15)16)12-4-11-7/h4-6H,2-3H2,1H3,(H,11,12)(H,13,14)(H,15,16). The second-order valence-corrected chi connectivity index (χ2v) is 3.92. The summed E-state index contributed by atoms with van der Waals surface area (Å²) in [5.41, 5.74) is -0.208. The van der Waals surface area contributed by atoms with E-state index in [1.807, 2.05) is 0 Å². The molecular weight excluding hydrogens is 210 g/mol. The number of nitrogens with zero attached hydrogens (tertiary/aromatic N) is 1. The van der Waals surface area contributed by atoms with E-state index in [-0.39, 0.29) is 17.4 Å². The van der Waals surface area contributed by atoms with Crippen LogP contribution in [0.15, 0.2) is 6.33 Å². The molecule has 1 saturated carbocycles. The molecule has 2 unspecified atom stereocenters. The molecule has 1 aliphatic carbocycles. The fourth-order valence-electron chi connectivity index (χ4n) is 1.74. The molecule has 1 heterocycles. The summed E-state index contributed by atoms with van der Waals surface area (Å²) >= 11 is 0. The van der Waals surface area contributed by atoms with Gasteiger partial charge in [0.1, 0.15) is 0 Å². The molecule has 6 nitrogen and oxygen atoms in total. The van der Waals surface area contributed by atoms with Crippen molar-refractivity contribution in [3.05, 3.63) is 17.7 Å². The molecular formula is C10H13N3O3. The van der Waals surface area contributed by atoms with Crippen molar-refractivity contribution in [3.8, 4) is 0 Å². The average molecular weight is 223 g/mol. The van der Waals surface area contributed by atoms with Crippen LogP contribution < -0.4 is 5.32 Å². The van der Waals surface area contributed by atoms with Crippen LogP contribution in [0.25, 0.3) is 0 Å². The number of amides is 1. The molecule has 0 aliphatic heterocycles. The Balaban J connectivity index is 2.04. The first-order chi connectivity index (χ1) is 7.63. The topological polar surface area (TPSA) is 95.1 Å². The molecule has 0 aromatic carbocycles.